The molecule has 0 unspecified atom stereocenters. The Labute approximate surface area is 68.6 Å². The summed E-state index contributed by atoms with van der Waals surface area (Å²) < 4.78 is 0. The van der Waals surface area contributed by atoms with Gasteiger partial charge in [0.1, 0.15) is 11.4 Å². The lowest BCUT2D eigenvalue weighted by atomic mass is 10.3. The third-order valence-electron chi connectivity index (χ3n) is 1.43. The molecule has 0 spiro atoms. The SMILES string of the molecule is Cc1nc(N)nc(C)c1[N+](=O)[O-]. The molecule has 1 heterocycles. The molecule has 0 amide bonds. The molecule has 12 heavy (non-hydrogen) atoms. The summed E-state index contributed by atoms with van der Waals surface area (Å²) in [6.07, 6.45) is 0. The van der Waals surface area contributed by atoms with Gasteiger partial charge in [-0.05, 0) is 13.8 Å². The number of nitrogens with two attached hydrogens (primary N) is 1. The molecule has 2 N–H and O–H groups in total. The number of nitro groups is 1. The van der Waals surface area contributed by atoms with Gasteiger partial charge in [-0.25, -0.2) is 9.97 Å². The standard InChI is InChI=1S/C6H8N4O2/c1-3-5(10(11)12)4(2)9-6(7)8-3/h1-2H3,(H2,7,8,9). The molecule has 0 atom stereocenters. The molecule has 0 bridgehead atoms. The van der Waals surface area contributed by atoms with Gasteiger partial charge in [-0.2, -0.15) is 0 Å². The van der Waals surface area contributed by atoms with Crippen molar-refractivity contribution in [1.29, 1.82) is 0 Å². The molecular formula is C6H8N4O2. The van der Waals surface area contributed by atoms with E-state index in [0.717, 1.165) is 0 Å². The first-order valence-electron chi connectivity index (χ1n) is 3.27. The summed E-state index contributed by atoms with van der Waals surface area (Å²) in [5, 5.41) is 10.4. The van der Waals surface area contributed by atoms with Gasteiger partial charge >= 0.3 is 5.69 Å². The van der Waals surface area contributed by atoms with Crippen molar-refractivity contribution in [2.45, 2.75) is 13.8 Å². The minimum Gasteiger partial charge on any atom is -0.368 e. The fourth-order valence-corrected chi connectivity index (χ4v) is 1.00. The average Bonchev–Trinajstić information content (AvgIpc) is 1.82. The van der Waals surface area contributed by atoms with Crippen LogP contribution in [0.1, 0.15) is 11.4 Å². The van der Waals surface area contributed by atoms with Crippen LogP contribution in [-0.4, -0.2) is 14.9 Å². The first kappa shape index (κ1) is 8.38. The highest BCUT2D eigenvalue weighted by Crippen LogP contribution is 2.19. The summed E-state index contributed by atoms with van der Waals surface area (Å²) >= 11 is 0. The highest BCUT2D eigenvalue weighted by atomic mass is 16.6. The lowest BCUT2D eigenvalue weighted by Gasteiger charge is -1.99. The molecule has 0 aliphatic rings. The Bertz CT molecular complexity index is 313. The van der Waals surface area contributed by atoms with E-state index in [1.165, 1.54) is 13.8 Å². The van der Waals surface area contributed by atoms with Crippen molar-refractivity contribution < 1.29 is 4.92 Å². The summed E-state index contributed by atoms with van der Waals surface area (Å²) in [7, 11) is 0. The predicted molar refractivity (Wildman–Crippen MR) is 42.6 cm³/mol. The van der Waals surface area contributed by atoms with Crippen LogP contribution in [0.5, 0.6) is 0 Å². The summed E-state index contributed by atoms with van der Waals surface area (Å²) in [6, 6.07) is 0. The largest absolute Gasteiger partial charge is 0.368 e. The Kier molecular flexibility index (Phi) is 1.90. The van der Waals surface area contributed by atoms with Gasteiger partial charge in [0.15, 0.2) is 0 Å². The van der Waals surface area contributed by atoms with Crippen molar-refractivity contribution >= 4 is 11.6 Å². The zero-order valence-corrected chi connectivity index (χ0v) is 6.74. The smallest absolute Gasteiger partial charge is 0.311 e. The lowest BCUT2D eigenvalue weighted by molar-refractivity contribution is -0.386. The van der Waals surface area contributed by atoms with Gasteiger partial charge in [-0.15, -0.1) is 0 Å². The third-order valence-corrected chi connectivity index (χ3v) is 1.43. The molecule has 6 heteroatoms. The molecule has 1 rings (SSSR count). The number of rotatable bonds is 1. The second-order valence-electron chi connectivity index (χ2n) is 2.36. The van der Waals surface area contributed by atoms with E-state index in [2.05, 4.69) is 9.97 Å². The molecule has 1 aromatic rings. The number of anilines is 1. The molecule has 0 aliphatic carbocycles. The van der Waals surface area contributed by atoms with E-state index in [9.17, 15) is 10.1 Å². The molecule has 0 radical (unpaired) electrons. The van der Waals surface area contributed by atoms with Crippen LogP contribution in [0.25, 0.3) is 0 Å². The second kappa shape index (κ2) is 2.72. The van der Waals surface area contributed by atoms with E-state index in [4.69, 9.17) is 5.73 Å². The highest BCUT2D eigenvalue weighted by molar-refractivity contribution is 5.42. The number of hydrogen-bond donors (Lipinski definition) is 1. The first-order valence-corrected chi connectivity index (χ1v) is 3.27. The Morgan fingerprint density at radius 1 is 1.33 bits per heavy atom. The maximum absolute atomic E-state index is 10.4. The minimum atomic E-state index is -0.510. The van der Waals surface area contributed by atoms with Gasteiger partial charge in [-0.3, -0.25) is 10.1 Å². The molecule has 0 saturated heterocycles. The van der Waals surface area contributed by atoms with E-state index in [-0.39, 0.29) is 11.6 Å². The van der Waals surface area contributed by atoms with Gasteiger partial charge < -0.3 is 5.73 Å². The Balaban J connectivity index is 3.38. The van der Waals surface area contributed by atoms with E-state index < -0.39 is 4.92 Å². The van der Waals surface area contributed by atoms with Gasteiger partial charge in [0.25, 0.3) is 0 Å². The van der Waals surface area contributed by atoms with Crippen LogP contribution in [-0.2, 0) is 0 Å². The summed E-state index contributed by atoms with van der Waals surface area (Å²) in [5.41, 5.74) is 5.81. The Hall–Kier alpha value is -1.72. The molecule has 64 valence electrons. The lowest BCUT2D eigenvalue weighted by Crippen LogP contribution is -2.04. The van der Waals surface area contributed by atoms with Crippen molar-refractivity contribution in [3.8, 4) is 0 Å². The van der Waals surface area contributed by atoms with Crippen LogP contribution in [0.15, 0.2) is 0 Å². The summed E-state index contributed by atoms with van der Waals surface area (Å²) in [5.74, 6) is 0.0654. The maximum Gasteiger partial charge on any atom is 0.311 e. The van der Waals surface area contributed by atoms with Gasteiger partial charge in [0, 0.05) is 0 Å². The van der Waals surface area contributed by atoms with Gasteiger partial charge in [0.05, 0.1) is 4.92 Å². The number of aryl methyl sites for hydroxylation is 2. The zero-order valence-electron chi connectivity index (χ0n) is 6.74. The first-order chi connectivity index (χ1) is 5.52. The molecule has 0 aliphatic heterocycles. The summed E-state index contributed by atoms with van der Waals surface area (Å²) in [4.78, 5) is 17.3. The van der Waals surface area contributed by atoms with E-state index >= 15 is 0 Å². The van der Waals surface area contributed by atoms with Crippen molar-refractivity contribution in [3.05, 3.63) is 21.5 Å². The van der Waals surface area contributed by atoms with E-state index in [1.807, 2.05) is 0 Å². The van der Waals surface area contributed by atoms with Crippen molar-refractivity contribution in [2.24, 2.45) is 0 Å². The van der Waals surface area contributed by atoms with Crippen LogP contribution in [0, 0.1) is 24.0 Å². The topological polar surface area (TPSA) is 94.9 Å². The fourth-order valence-electron chi connectivity index (χ4n) is 1.00. The van der Waals surface area contributed by atoms with Crippen LogP contribution in [0.3, 0.4) is 0 Å². The monoisotopic (exact) mass is 168 g/mol. The molecule has 0 aromatic carbocycles. The predicted octanol–water partition coefficient (Wildman–Crippen LogP) is 0.584. The zero-order chi connectivity index (χ0) is 9.30. The molecule has 6 nitrogen and oxygen atoms in total. The van der Waals surface area contributed by atoms with Gasteiger partial charge in [0.2, 0.25) is 5.95 Å². The van der Waals surface area contributed by atoms with Crippen molar-refractivity contribution in [1.82, 2.24) is 9.97 Å². The second-order valence-corrected chi connectivity index (χ2v) is 2.36. The number of hydrogen-bond acceptors (Lipinski definition) is 5. The fraction of sp³-hybridized carbons (Fsp3) is 0.333. The third kappa shape index (κ3) is 1.31. The average molecular weight is 168 g/mol. The van der Waals surface area contributed by atoms with Crippen LogP contribution in [0.2, 0.25) is 0 Å². The molecule has 0 fully saturated rings. The molecule has 0 saturated carbocycles. The van der Waals surface area contributed by atoms with Crippen LogP contribution >= 0.6 is 0 Å². The van der Waals surface area contributed by atoms with E-state index in [1.54, 1.807) is 0 Å². The van der Waals surface area contributed by atoms with Crippen molar-refractivity contribution in [3.63, 3.8) is 0 Å². The number of aromatic nitrogens is 2. The van der Waals surface area contributed by atoms with Crippen LogP contribution < -0.4 is 5.73 Å². The van der Waals surface area contributed by atoms with E-state index in [0.29, 0.717) is 11.4 Å². The maximum atomic E-state index is 10.4. The highest BCUT2D eigenvalue weighted by Gasteiger charge is 2.17. The normalized spacial score (nSPS) is 9.83. The minimum absolute atomic E-state index is 0.0654. The Morgan fingerprint density at radius 3 is 2.08 bits per heavy atom. The molecule has 1 aromatic heterocycles. The quantitative estimate of drug-likeness (QED) is 0.489. The van der Waals surface area contributed by atoms with Crippen molar-refractivity contribution in [2.75, 3.05) is 5.73 Å². The summed E-state index contributed by atoms with van der Waals surface area (Å²) in [6.45, 7) is 3.06. The molecular weight excluding hydrogens is 160 g/mol. The Morgan fingerprint density at radius 2 is 1.75 bits per heavy atom. The van der Waals surface area contributed by atoms with Gasteiger partial charge in [-0.1, -0.05) is 0 Å². The number of nitrogens with zero attached hydrogens (tertiary/aromatic N) is 3. The van der Waals surface area contributed by atoms with Crippen LogP contribution in [0.4, 0.5) is 11.6 Å². The number of nitrogen functional groups attached to an aromatic ring is 1.